The Bertz CT molecular complexity index is 333. The first-order chi connectivity index (χ1) is 6.25. The summed E-state index contributed by atoms with van der Waals surface area (Å²) >= 11 is 0. The lowest BCUT2D eigenvalue weighted by atomic mass is 10.3. The van der Waals surface area contributed by atoms with E-state index in [9.17, 15) is 9.59 Å². The summed E-state index contributed by atoms with van der Waals surface area (Å²) in [6, 6.07) is 0. The molecule has 0 aliphatic carbocycles. The van der Waals surface area contributed by atoms with Gasteiger partial charge in [-0.1, -0.05) is 5.16 Å². The van der Waals surface area contributed by atoms with Crippen molar-refractivity contribution < 1.29 is 14.1 Å². The summed E-state index contributed by atoms with van der Waals surface area (Å²) in [4.78, 5) is 27.2. The minimum atomic E-state index is -0.171. The first-order valence-corrected chi connectivity index (χ1v) is 3.80. The van der Waals surface area contributed by atoms with Gasteiger partial charge in [-0.05, 0) is 0 Å². The average Bonchev–Trinajstić information content (AvgIpc) is 2.63. The minimum Gasteiger partial charge on any atom is -0.343 e. The molecule has 1 aliphatic rings. The quantitative estimate of drug-likeness (QED) is 0.568. The van der Waals surface area contributed by atoms with E-state index in [1.807, 2.05) is 0 Å². The molecule has 1 amide bonds. The lowest BCUT2D eigenvalue weighted by Gasteiger charge is -2.10. The third-order valence-corrected chi connectivity index (χ3v) is 1.81. The fraction of sp³-hybridized carbons (Fsp3) is 0.429. The molecule has 0 bridgehead atoms. The minimum absolute atomic E-state index is 0.00213. The number of hydrogen-bond donors (Lipinski definition) is 0. The zero-order valence-electron chi connectivity index (χ0n) is 6.77. The zero-order chi connectivity index (χ0) is 9.26. The molecule has 0 N–H and O–H groups in total. The summed E-state index contributed by atoms with van der Waals surface area (Å²) in [5, 5.41) is 3.55. The largest absolute Gasteiger partial charge is 0.343 e. The highest BCUT2D eigenvalue weighted by Crippen LogP contribution is 2.09. The van der Waals surface area contributed by atoms with Crippen molar-refractivity contribution in [2.24, 2.45) is 0 Å². The molecule has 13 heavy (non-hydrogen) atoms. The van der Waals surface area contributed by atoms with Crippen LogP contribution < -0.4 is 0 Å². The monoisotopic (exact) mass is 181 g/mol. The van der Waals surface area contributed by atoms with Crippen molar-refractivity contribution in [3.63, 3.8) is 0 Å². The summed E-state index contributed by atoms with van der Waals surface area (Å²) in [6.07, 6.45) is 1.19. The van der Waals surface area contributed by atoms with E-state index in [4.69, 9.17) is 0 Å². The maximum Gasteiger partial charge on any atom is 0.230 e. The molecule has 1 aliphatic heterocycles. The predicted molar refractivity (Wildman–Crippen MR) is 39.3 cm³/mol. The molecule has 6 nitrogen and oxygen atoms in total. The molecule has 1 aromatic rings. The van der Waals surface area contributed by atoms with E-state index in [0.717, 1.165) is 0 Å². The fourth-order valence-corrected chi connectivity index (χ4v) is 1.21. The Morgan fingerprint density at radius 1 is 1.54 bits per heavy atom. The first kappa shape index (κ1) is 7.90. The van der Waals surface area contributed by atoms with E-state index >= 15 is 0 Å². The molecular formula is C7H7N3O3. The van der Waals surface area contributed by atoms with E-state index in [1.165, 1.54) is 11.3 Å². The van der Waals surface area contributed by atoms with Gasteiger partial charge in [0.2, 0.25) is 12.3 Å². The third kappa shape index (κ3) is 1.56. The zero-order valence-corrected chi connectivity index (χ0v) is 6.77. The van der Waals surface area contributed by atoms with Crippen molar-refractivity contribution in [1.82, 2.24) is 15.0 Å². The second kappa shape index (κ2) is 2.96. The first-order valence-electron chi connectivity index (χ1n) is 3.80. The summed E-state index contributed by atoms with van der Waals surface area (Å²) < 4.78 is 4.50. The van der Waals surface area contributed by atoms with Gasteiger partial charge in [-0.15, -0.1) is 0 Å². The van der Waals surface area contributed by atoms with Crippen LogP contribution in [0.5, 0.6) is 0 Å². The SMILES string of the molecule is O=C1CC(=O)N(Cc2ncon2)C1. The van der Waals surface area contributed by atoms with Crippen LogP contribution in [-0.4, -0.2) is 33.3 Å². The van der Waals surface area contributed by atoms with Gasteiger partial charge >= 0.3 is 0 Å². The van der Waals surface area contributed by atoms with Crippen LogP contribution in [0.1, 0.15) is 12.2 Å². The van der Waals surface area contributed by atoms with Gasteiger partial charge < -0.3 is 9.42 Å². The number of carbonyl (C=O) groups excluding carboxylic acids is 2. The topological polar surface area (TPSA) is 76.3 Å². The van der Waals surface area contributed by atoms with Crippen LogP contribution in [0.4, 0.5) is 0 Å². The van der Waals surface area contributed by atoms with Crippen LogP contribution in [-0.2, 0) is 16.1 Å². The van der Waals surface area contributed by atoms with Crippen molar-refractivity contribution in [3.8, 4) is 0 Å². The van der Waals surface area contributed by atoms with Crippen LogP contribution >= 0.6 is 0 Å². The van der Waals surface area contributed by atoms with Crippen molar-refractivity contribution >= 4 is 11.7 Å². The number of nitrogens with zero attached hydrogens (tertiary/aromatic N) is 3. The van der Waals surface area contributed by atoms with Crippen LogP contribution in [0.3, 0.4) is 0 Å². The second-order valence-corrected chi connectivity index (χ2v) is 2.81. The summed E-state index contributed by atoms with van der Waals surface area (Å²) in [6.45, 7) is 0.411. The molecule has 2 heterocycles. The Morgan fingerprint density at radius 3 is 2.92 bits per heavy atom. The Labute approximate surface area is 73.5 Å². The fourth-order valence-electron chi connectivity index (χ4n) is 1.21. The normalized spacial score (nSPS) is 17.1. The third-order valence-electron chi connectivity index (χ3n) is 1.81. The Morgan fingerprint density at radius 2 is 2.38 bits per heavy atom. The molecule has 0 aromatic carbocycles. The van der Waals surface area contributed by atoms with Crippen molar-refractivity contribution in [3.05, 3.63) is 12.2 Å². The number of aromatic nitrogens is 2. The summed E-state index contributed by atoms with van der Waals surface area (Å²) in [7, 11) is 0. The summed E-state index contributed by atoms with van der Waals surface area (Å²) in [5.74, 6) is 0.186. The van der Waals surface area contributed by atoms with Gasteiger partial charge in [-0.2, -0.15) is 4.98 Å². The highest BCUT2D eigenvalue weighted by molar-refractivity contribution is 6.05. The van der Waals surface area contributed by atoms with Crippen molar-refractivity contribution in [1.29, 1.82) is 0 Å². The molecule has 1 saturated heterocycles. The Balaban J connectivity index is 2.03. The number of amides is 1. The predicted octanol–water partition coefficient (Wildman–Crippen LogP) is -0.629. The standard InChI is InChI=1S/C7H7N3O3/c11-5-1-7(12)10(2-5)3-6-8-4-13-9-6/h4H,1-3H2. The average molecular weight is 181 g/mol. The number of likely N-dealkylation sites (tertiary alicyclic amines) is 1. The van der Waals surface area contributed by atoms with Gasteiger partial charge in [0, 0.05) is 0 Å². The van der Waals surface area contributed by atoms with Gasteiger partial charge in [0.05, 0.1) is 19.5 Å². The lowest BCUT2D eigenvalue weighted by molar-refractivity contribution is -0.128. The maximum absolute atomic E-state index is 11.1. The highest BCUT2D eigenvalue weighted by atomic mass is 16.5. The number of carbonyl (C=O) groups is 2. The molecule has 1 fully saturated rings. The van der Waals surface area contributed by atoms with Crippen LogP contribution in [0.15, 0.2) is 10.9 Å². The van der Waals surface area contributed by atoms with Gasteiger partial charge in [-0.3, -0.25) is 9.59 Å². The Kier molecular flexibility index (Phi) is 1.80. The molecular weight excluding hydrogens is 174 g/mol. The molecule has 6 heteroatoms. The van der Waals surface area contributed by atoms with E-state index < -0.39 is 0 Å². The van der Waals surface area contributed by atoms with E-state index in [-0.39, 0.29) is 31.2 Å². The van der Waals surface area contributed by atoms with Gasteiger partial charge in [0.25, 0.3) is 0 Å². The molecule has 0 unspecified atom stereocenters. The number of ketones is 1. The van der Waals surface area contributed by atoms with Crippen LogP contribution in [0, 0.1) is 0 Å². The molecule has 1 aromatic heterocycles. The van der Waals surface area contributed by atoms with E-state index in [1.54, 1.807) is 0 Å². The van der Waals surface area contributed by atoms with E-state index in [2.05, 4.69) is 14.7 Å². The molecule has 68 valence electrons. The smallest absolute Gasteiger partial charge is 0.230 e. The second-order valence-electron chi connectivity index (χ2n) is 2.81. The Hall–Kier alpha value is -1.72. The van der Waals surface area contributed by atoms with Gasteiger partial charge in [0.15, 0.2) is 11.6 Å². The molecule has 2 rings (SSSR count). The number of rotatable bonds is 2. The molecule has 0 radical (unpaired) electrons. The maximum atomic E-state index is 11.1. The molecule has 0 atom stereocenters. The number of Topliss-reactive ketones (excluding diaryl/α,β-unsaturated/α-hetero) is 1. The van der Waals surface area contributed by atoms with Crippen LogP contribution in [0.2, 0.25) is 0 Å². The number of hydrogen-bond acceptors (Lipinski definition) is 5. The van der Waals surface area contributed by atoms with Crippen LogP contribution in [0.25, 0.3) is 0 Å². The molecule has 0 saturated carbocycles. The molecule has 0 spiro atoms. The highest BCUT2D eigenvalue weighted by Gasteiger charge is 2.27. The van der Waals surface area contributed by atoms with Gasteiger partial charge in [-0.25, -0.2) is 0 Å². The van der Waals surface area contributed by atoms with Crippen molar-refractivity contribution in [2.45, 2.75) is 13.0 Å². The van der Waals surface area contributed by atoms with Crippen molar-refractivity contribution in [2.75, 3.05) is 6.54 Å². The van der Waals surface area contributed by atoms with Gasteiger partial charge in [0.1, 0.15) is 0 Å². The lowest BCUT2D eigenvalue weighted by Crippen LogP contribution is -2.25. The van der Waals surface area contributed by atoms with E-state index in [0.29, 0.717) is 5.82 Å². The summed E-state index contributed by atoms with van der Waals surface area (Å²) in [5.41, 5.74) is 0.